The first-order valence-electron chi connectivity index (χ1n) is 4.62. The van der Waals surface area contributed by atoms with Crippen LogP contribution in [0, 0.1) is 0 Å². The third-order valence-corrected chi connectivity index (χ3v) is 2.50. The topological polar surface area (TPSA) is 44.4 Å². The Kier molecular flexibility index (Phi) is 2.17. The van der Waals surface area contributed by atoms with E-state index in [4.69, 9.17) is 0 Å². The van der Waals surface area contributed by atoms with Gasteiger partial charge in [-0.15, -0.1) is 0 Å². The van der Waals surface area contributed by atoms with Gasteiger partial charge in [0.1, 0.15) is 0 Å². The lowest BCUT2D eigenvalue weighted by Gasteiger charge is -2.30. The number of rotatable bonds is 1. The van der Waals surface area contributed by atoms with E-state index in [1.54, 1.807) is 0 Å². The van der Waals surface area contributed by atoms with Crippen molar-refractivity contribution in [2.45, 2.75) is 18.9 Å². The summed E-state index contributed by atoms with van der Waals surface area (Å²) in [5.41, 5.74) is 0. The Morgan fingerprint density at radius 1 is 1.33 bits per heavy atom. The molecule has 2 aliphatic rings. The molecule has 68 valence electrons. The molecule has 0 unspecified atom stereocenters. The molecule has 0 aliphatic carbocycles. The molecule has 4 heteroatoms. The molecule has 0 spiro atoms. The number of hydrogen-bond acceptors (Lipinski definition) is 2. The highest BCUT2D eigenvalue weighted by Crippen LogP contribution is 2.07. The first kappa shape index (κ1) is 7.86. The molecule has 0 aromatic carbocycles. The molecule has 2 heterocycles. The van der Waals surface area contributed by atoms with Crippen LogP contribution in [-0.4, -0.2) is 43.2 Å². The summed E-state index contributed by atoms with van der Waals surface area (Å²) in [6.45, 7) is 3.73. The fraction of sp³-hybridized carbons (Fsp3) is 0.875. The predicted molar refractivity (Wildman–Crippen MR) is 46.0 cm³/mol. The first-order chi connectivity index (χ1) is 5.86. The molecule has 0 bridgehead atoms. The normalized spacial score (nSPS) is 23.8. The Bertz CT molecular complexity index is 173. The van der Waals surface area contributed by atoms with E-state index in [2.05, 4.69) is 10.6 Å². The number of carbonyl (C=O) groups is 1. The van der Waals surface area contributed by atoms with Gasteiger partial charge >= 0.3 is 6.03 Å². The Morgan fingerprint density at radius 3 is 2.50 bits per heavy atom. The van der Waals surface area contributed by atoms with Crippen LogP contribution in [0.4, 0.5) is 4.79 Å². The van der Waals surface area contributed by atoms with Crippen LogP contribution in [0.3, 0.4) is 0 Å². The number of nitrogens with zero attached hydrogens (tertiary/aromatic N) is 1. The molecule has 0 radical (unpaired) electrons. The summed E-state index contributed by atoms with van der Waals surface area (Å²) in [5.74, 6) is 0. The van der Waals surface area contributed by atoms with Gasteiger partial charge in [0.05, 0.1) is 6.04 Å². The summed E-state index contributed by atoms with van der Waals surface area (Å²) in [5, 5.41) is 6.11. The highest BCUT2D eigenvalue weighted by molar-refractivity contribution is 5.74. The third kappa shape index (κ3) is 1.53. The quantitative estimate of drug-likeness (QED) is 0.569. The van der Waals surface area contributed by atoms with Crippen molar-refractivity contribution in [3.05, 3.63) is 0 Å². The van der Waals surface area contributed by atoms with Crippen LogP contribution in [-0.2, 0) is 0 Å². The summed E-state index contributed by atoms with van der Waals surface area (Å²) >= 11 is 0. The minimum Gasteiger partial charge on any atom is -0.333 e. The number of urea groups is 1. The van der Waals surface area contributed by atoms with E-state index in [-0.39, 0.29) is 6.03 Å². The Balaban J connectivity index is 1.74. The largest absolute Gasteiger partial charge is 0.333 e. The number of likely N-dealkylation sites (tertiary alicyclic amines) is 1. The van der Waals surface area contributed by atoms with Crippen LogP contribution in [0.2, 0.25) is 0 Å². The lowest BCUT2D eigenvalue weighted by atomic mass is 10.2. The SMILES string of the molecule is O=C(NC1CNC1)N1CCCC1. The van der Waals surface area contributed by atoms with Crippen molar-refractivity contribution >= 4 is 6.03 Å². The maximum absolute atomic E-state index is 11.4. The van der Waals surface area contributed by atoms with Crippen LogP contribution < -0.4 is 10.6 Å². The first-order valence-corrected chi connectivity index (χ1v) is 4.62. The van der Waals surface area contributed by atoms with Gasteiger partial charge in [-0.3, -0.25) is 0 Å². The third-order valence-electron chi connectivity index (χ3n) is 2.50. The van der Waals surface area contributed by atoms with Gasteiger partial charge in [0, 0.05) is 26.2 Å². The summed E-state index contributed by atoms with van der Waals surface area (Å²) < 4.78 is 0. The van der Waals surface area contributed by atoms with Crippen molar-refractivity contribution in [2.24, 2.45) is 0 Å². The molecule has 2 rings (SSSR count). The maximum Gasteiger partial charge on any atom is 0.317 e. The van der Waals surface area contributed by atoms with Crippen molar-refractivity contribution in [1.29, 1.82) is 0 Å². The van der Waals surface area contributed by atoms with E-state index >= 15 is 0 Å². The van der Waals surface area contributed by atoms with Gasteiger partial charge in [-0.25, -0.2) is 4.79 Å². The van der Waals surface area contributed by atoms with Crippen LogP contribution in [0.15, 0.2) is 0 Å². The fourth-order valence-electron chi connectivity index (χ4n) is 1.58. The van der Waals surface area contributed by atoms with Crippen LogP contribution in [0.25, 0.3) is 0 Å². The van der Waals surface area contributed by atoms with E-state index in [1.807, 2.05) is 4.90 Å². The van der Waals surface area contributed by atoms with E-state index in [0.29, 0.717) is 6.04 Å². The minimum absolute atomic E-state index is 0.124. The molecule has 0 aromatic heterocycles. The van der Waals surface area contributed by atoms with Crippen LogP contribution in [0.5, 0.6) is 0 Å². The molecule has 0 aromatic rings. The van der Waals surface area contributed by atoms with E-state index in [9.17, 15) is 4.79 Å². The molecule has 0 atom stereocenters. The second-order valence-corrected chi connectivity index (χ2v) is 3.50. The molecule has 0 saturated carbocycles. The van der Waals surface area contributed by atoms with Gasteiger partial charge < -0.3 is 15.5 Å². The molecule has 2 N–H and O–H groups in total. The average molecular weight is 169 g/mol. The maximum atomic E-state index is 11.4. The number of carbonyl (C=O) groups excluding carboxylic acids is 1. The molecular formula is C8H15N3O. The zero-order valence-corrected chi connectivity index (χ0v) is 7.18. The zero-order chi connectivity index (χ0) is 8.39. The summed E-state index contributed by atoms with van der Waals surface area (Å²) in [6.07, 6.45) is 2.33. The van der Waals surface area contributed by atoms with Gasteiger partial charge in [-0.2, -0.15) is 0 Å². The van der Waals surface area contributed by atoms with Crippen molar-refractivity contribution in [2.75, 3.05) is 26.2 Å². The number of amides is 2. The average Bonchev–Trinajstić information content (AvgIpc) is 2.47. The number of hydrogen-bond donors (Lipinski definition) is 2. The standard InChI is InChI=1S/C8H15N3O/c12-8(10-7-5-9-6-7)11-3-1-2-4-11/h7,9H,1-6H2,(H,10,12). The van der Waals surface area contributed by atoms with Crippen molar-refractivity contribution in [1.82, 2.24) is 15.5 Å². The Labute approximate surface area is 72.3 Å². The van der Waals surface area contributed by atoms with Crippen LogP contribution >= 0.6 is 0 Å². The molecule has 2 aliphatic heterocycles. The van der Waals surface area contributed by atoms with Gasteiger partial charge in [-0.1, -0.05) is 0 Å². The summed E-state index contributed by atoms with van der Waals surface area (Å²) in [7, 11) is 0. The highest BCUT2D eigenvalue weighted by Gasteiger charge is 2.23. The molecule has 4 nitrogen and oxygen atoms in total. The number of nitrogens with one attached hydrogen (secondary N) is 2. The monoisotopic (exact) mass is 169 g/mol. The molecular weight excluding hydrogens is 154 g/mol. The summed E-state index contributed by atoms with van der Waals surface area (Å²) in [4.78, 5) is 13.3. The summed E-state index contributed by atoms with van der Waals surface area (Å²) in [6, 6.07) is 0.497. The fourth-order valence-corrected chi connectivity index (χ4v) is 1.58. The second-order valence-electron chi connectivity index (χ2n) is 3.50. The molecule has 12 heavy (non-hydrogen) atoms. The lowest BCUT2D eigenvalue weighted by molar-refractivity contribution is 0.199. The minimum atomic E-state index is 0.124. The Morgan fingerprint density at radius 2 is 2.00 bits per heavy atom. The van der Waals surface area contributed by atoms with Crippen molar-refractivity contribution in [3.63, 3.8) is 0 Å². The smallest absolute Gasteiger partial charge is 0.317 e. The highest BCUT2D eigenvalue weighted by atomic mass is 16.2. The van der Waals surface area contributed by atoms with Gasteiger partial charge in [0.15, 0.2) is 0 Å². The second kappa shape index (κ2) is 3.31. The molecule has 2 fully saturated rings. The van der Waals surface area contributed by atoms with Crippen molar-refractivity contribution in [3.8, 4) is 0 Å². The van der Waals surface area contributed by atoms with Crippen molar-refractivity contribution < 1.29 is 4.79 Å². The van der Waals surface area contributed by atoms with Gasteiger partial charge in [0.2, 0.25) is 0 Å². The Hall–Kier alpha value is -0.770. The molecule has 2 amide bonds. The zero-order valence-electron chi connectivity index (χ0n) is 7.18. The van der Waals surface area contributed by atoms with E-state index in [0.717, 1.165) is 39.0 Å². The van der Waals surface area contributed by atoms with Gasteiger partial charge in [-0.05, 0) is 12.8 Å². The van der Waals surface area contributed by atoms with E-state index in [1.165, 1.54) is 0 Å². The van der Waals surface area contributed by atoms with Crippen LogP contribution in [0.1, 0.15) is 12.8 Å². The van der Waals surface area contributed by atoms with Gasteiger partial charge in [0.25, 0.3) is 0 Å². The van der Waals surface area contributed by atoms with E-state index < -0.39 is 0 Å². The molecule has 2 saturated heterocycles. The lowest BCUT2D eigenvalue weighted by Crippen LogP contribution is -2.59. The predicted octanol–water partition coefficient (Wildman–Crippen LogP) is -0.236.